The zero-order valence-electron chi connectivity index (χ0n) is 15.0. The van der Waals surface area contributed by atoms with Crippen LogP contribution in [0.2, 0.25) is 0 Å². The summed E-state index contributed by atoms with van der Waals surface area (Å²) in [5, 5.41) is 3.43. The summed E-state index contributed by atoms with van der Waals surface area (Å²) in [6, 6.07) is 12.4. The number of nitrogens with one attached hydrogen (secondary N) is 1. The first-order valence-corrected chi connectivity index (χ1v) is 9.07. The minimum atomic E-state index is 0.118. The van der Waals surface area contributed by atoms with Gasteiger partial charge in [0.2, 0.25) is 5.91 Å². The Kier molecular flexibility index (Phi) is 5.64. The summed E-state index contributed by atoms with van der Waals surface area (Å²) in [5.41, 5.74) is 2.32. The van der Waals surface area contributed by atoms with Crippen molar-refractivity contribution in [2.45, 2.75) is 45.6 Å². The van der Waals surface area contributed by atoms with E-state index in [0.29, 0.717) is 6.42 Å². The number of aryl methyl sites for hydroxylation is 2. The molecule has 1 aliphatic rings. The van der Waals surface area contributed by atoms with E-state index in [2.05, 4.69) is 34.3 Å². The molecule has 132 valence electrons. The van der Waals surface area contributed by atoms with E-state index in [1.54, 1.807) is 0 Å². The van der Waals surface area contributed by atoms with Crippen LogP contribution in [0.15, 0.2) is 36.4 Å². The molecule has 2 aromatic rings. The highest BCUT2D eigenvalue weighted by atomic mass is 16.2. The van der Waals surface area contributed by atoms with Gasteiger partial charge in [-0.2, -0.15) is 0 Å². The van der Waals surface area contributed by atoms with Crippen molar-refractivity contribution in [3.63, 3.8) is 0 Å². The number of hydrogen-bond donors (Lipinski definition) is 1. The number of carbonyl (C=O) groups is 1. The molecule has 1 atom stereocenters. The molecular weight excluding hydrogens is 312 g/mol. The molecule has 0 saturated carbocycles. The van der Waals surface area contributed by atoms with Gasteiger partial charge >= 0.3 is 0 Å². The molecule has 1 fully saturated rings. The zero-order chi connectivity index (χ0) is 17.6. The molecule has 2 heterocycles. The van der Waals surface area contributed by atoms with Crippen LogP contribution in [-0.4, -0.2) is 39.9 Å². The van der Waals surface area contributed by atoms with Crippen molar-refractivity contribution in [2.24, 2.45) is 0 Å². The summed E-state index contributed by atoms with van der Waals surface area (Å²) in [5.74, 6) is 1.82. The summed E-state index contributed by atoms with van der Waals surface area (Å²) < 4.78 is 0. The maximum atomic E-state index is 12.3. The second kappa shape index (κ2) is 8.10. The van der Waals surface area contributed by atoms with Gasteiger partial charge in [-0.15, -0.1) is 0 Å². The lowest BCUT2D eigenvalue weighted by Gasteiger charge is -2.17. The first-order valence-electron chi connectivity index (χ1n) is 9.07. The van der Waals surface area contributed by atoms with Gasteiger partial charge in [-0.1, -0.05) is 43.7 Å². The van der Waals surface area contributed by atoms with Crippen molar-refractivity contribution >= 4 is 11.7 Å². The predicted octanol–water partition coefficient (Wildman–Crippen LogP) is 2.99. The van der Waals surface area contributed by atoms with Crippen molar-refractivity contribution in [3.8, 4) is 0 Å². The molecule has 3 rings (SSSR count). The monoisotopic (exact) mass is 338 g/mol. The van der Waals surface area contributed by atoms with Gasteiger partial charge in [-0.25, -0.2) is 9.97 Å². The number of carbonyl (C=O) groups excluding carboxylic acids is 1. The second-order valence-corrected chi connectivity index (χ2v) is 6.66. The number of aromatic nitrogens is 2. The lowest BCUT2D eigenvalue weighted by molar-refractivity contribution is -0.127. The number of nitrogens with zero attached hydrogens (tertiary/aromatic N) is 3. The van der Waals surface area contributed by atoms with Crippen molar-refractivity contribution in [1.29, 1.82) is 0 Å². The SMILES string of the molecule is CCCc1cc(N[C@H]2CC(=O)N(CCc3ccccc3)C2)nc(C)n1. The molecule has 0 bridgehead atoms. The lowest BCUT2D eigenvalue weighted by Crippen LogP contribution is -2.30. The van der Waals surface area contributed by atoms with Gasteiger partial charge in [-0.05, 0) is 25.3 Å². The fraction of sp³-hybridized carbons (Fsp3) is 0.450. The Labute approximate surface area is 149 Å². The Bertz CT molecular complexity index is 717. The summed E-state index contributed by atoms with van der Waals surface area (Å²) in [4.78, 5) is 23.2. The Balaban J connectivity index is 1.57. The molecule has 25 heavy (non-hydrogen) atoms. The van der Waals surface area contributed by atoms with E-state index < -0.39 is 0 Å². The van der Waals surface area contributed by atoms with Gasteiger partial charge in [0.25, 0.3) is 0 Å². The number of benzene rings is 1. The minimum absolute atomic E-state index is 0.118. The van der Waals surface area contributed by atoms with Crippen molar-refractivity contribution in [2.75, 3.05) is 18.4 Å². The molecule has 0 aliphatic carbocycles. The topological polar surface area (TPSA) is 58.1 Å². The summed E-state index contributed by atoms with van der Waals surface area (Å²) in [6.07, 6.45) is 3.43. The third-order valence-corrected chi connectivity index (χ3v) is 4.48. The highest BCUT2D eigenvalue weighted by Gasteiger charge is 2.29. The van der Waals surface area contributed by atoms with E-state index in [0.717, 1.165) is 49.7 Å². The fourth-order valence-corrected chi connectivity index (χ4v) is 3.29. The first-order chi connectivity index (χ1) is 12.1. The van der Waals surface area contributed by atoms with Crippen molar-refractivity contribution in [3.05, 3.63) is 53.5 Å². The van der Waals surface area contributed by atoms with E-state index in [4.69, 9.17) is 0 Å². The van der Waals surface area contributed by atoms with Crippen LogP contribution in [0.25, 0.3) is 0 Å². The van der Waals surface area contributed by atoms with Crippen LogP contribution in [0.3, 0.4) is 0 Å². The summed E-state index contributed by atoms with van der Waals surface area (Å²) >= 11 is 0. The van der Waals surface area contributed by atoms with Crippen LogP contribution in [0.4, 0.5) is 5.82 Å². The minimum Gasteiger partial charge on any atom is -0.365 e. The number of hydrogen-bond acceptors (Lipinski definition) is 4. The normalized spacial score (nSPS) is 17.1. The van der Waals surface area contributed by atoms with Crippen LogP contribution in [-0.2, 0) is 17.6 Å². The molecule has 5 nitrogen and oxygen atoms in total. The number of anilines is 1. The third kappa shape index (κ3) is 4.78. The van der Waals surface area contributed by atoms with Crippen LogP contribution in [0.1, 0.15) is 36.8 Å². The Morgan fingerprint density at radius 3 is 2.76 bits per heavy atom. The van der Waals surface area contributed by atoms with Crippen LogP contribution in [0, 0.1) is 6.92 Å². The quantitative estimate of drug-likeness (QED) is 0.843. The van der Waals surface area contributed by atoms with Crippen molar-refractivity contribution in [1.82, 2.24) is 14.9 Å². The predicted molar refractivity (Wildman–Crippen MR) is 99.5 cm³/mol. The maximum Gasteiger partial charge on any atom is 0.224 e. The molecule has 1 amide bonds. The van der Waals surface area contributed by atoms with E-state index in [-0.39, 0.29) is 11.9 Å². The highest BCUT2D eigenvalue weighted by Crippen LogP contribution is 2.17. The molecule has 0 radical (unpaired) electrons. The number of likely N-dealkylation sites (tertiary alicyclic amines) is 1. The highest BCUT2D eigenvalue weighted by molar-refractivity contribution is 5.80. The average molecular weight is 338 g/mol. The lowest BCUT2D eigenvalue weighted by atomic mass is 10.1. The van der Waals surface area contributed by atoms with E-state index in [1.807, 2.05) is 36.1 Å². The molecule has 0 spiro atoms. The summed E-state index contributed by atoms with van der Waals surface area (Å²) in [7, 11) is 0. The van der Waals surface area contributed by atoms with Gasteiger partial charge in [0.15, 0.2) is 0 Å². The Morgan fingerprint density at radius 1 is 1.20 bits per heavy atom. The Hall–Kier alpha value is -2.43. The van der Waals surface area contributed by atoms with Gasteiger partial charge in [-0.3, -0.25) is 4.79 Å². The van der Waals surface area contributed by atoms with E-state index in [1.165, 1.54) is 5.56 Å². The molecule has 5 heteroatoms. The molecule has 1 N–H and O–H groups in total. The van der Waals surface area contributed by atoms with Crippen molar-refractivity contribution < 1.29 is 4.79 Å². The molecule has 1 aromatic heterocycles. The van der Waals surface area contributed by atoms with Crippen LogP contribution in [0.5, 0.6) is 0 Å². The number of rotatable bonds is 7. The van der Waals surface area contributed by atoms with Gasteiger partial charge < -0.3 is 10.2 Å². The second-order valence-electron chi connectivity index (χ2n) is 6.66. The van der Waals surface area contributed by atoms with Crippen LogP contribution < -0.4 is 5.32 Å². The first kappa shape index (κ1) is 17.4. The molecule has 0 unspecified atom stereocenters. The standard InChI is InChI=1S/C20H26N4O/c1-3-7-17-12-19(22-15(2)21-17)23-18-13-20(25)24(14-18)11-10-16-8-5-4-6-9-16/h4-6,8-9,12,18H,3,7,10-11,13-14H2,1-2H3,(H,21,22,23)/t18-/m0/s1. The molecular formula is C20H26N4O. The van der Waals surface area contributed by atoms with Gasteiger partial charge in [0.1, 0.15) is 11.6 Å². The maximum absolute atomic E-state index is 12.3. The van der Waals surface area contributed by atoms with E-state index in [9.17, 15) is 4.79 Å². The molecule has 1 aliphatic heterocycles. The summed E-state index contributed by atoms with van der Waals surface area (Å²) in [6.45, 7) is 5.56. The largest absolute Gasteiger partial charge is 0.365 e. The molecule has 1 saturated heterocycles. The van der Waals surface area contributed by atoms with Gasteiger partial charge in [0, 0.05) is 31.3 Å². The third-order valence-electron chi connectivity index (χ3n) is 4.48. The average Bonchev–Trinajstić information content (AvgIpc) is 2.93. The Morgan fingerprint density at radius 2 is 2.00 bits per heavy atom. The van der Waals surface area contributed by atoms with E-state index >= 15 is 0 Å². The molecule has 1 aromatic carbocycles. The van der Waals surface area contributed by atoms with Crippen LogP contribution >= 0.6 is 0 Å². The smallest absolute Gasteiger partial charge is 0.224 e. The fourth-order valence-electron chi connectivity index (χ4n) is 3.29. The number of amides is 1. The van der Waals surface area contributed by atoms with Gasteiger partial charge in [0.05, 0.1) is 6.04 Å². The zero-order valence-corrected chi connectivity index (χ0v) is 15.0.